The van der Waals surface area contributed by atoms with Gasteiger partial charge in [0.2, 0.25) is 0 Å². The maximum absolute atomic E-state index is 2.60. The Bertz CT molecular complexity index is 251. The molecule has 3 atom stereocenters. The van der Waals surface area contributed by atoms with Gasteiger partial charge in [0.1, 0.15) is 0 Å². The molecule has 2 saturated carbocycles. The van der Waals surface area contributed by atoms with E-state index in [0.29, 0.717) is 5.41 Å². The fourth-order valence-corrected chi connectivity index (χ4v) is 4.00. The maximum atomic E-state index is 2.60. The van der Waals surface area contributed by atoms with Gasteiger partial charge >= 0.3 is 0 Å². The summed E-state index contributed by atoms with van der Waals surface area (Å²) in [5, 5.41) is 0. The van der Waals surface area contributed by atoms with Crippen molar-refractivity contribution in [2.75, 3.05) is 0 Å². The molecule has 13 heavy (non-hydrogen) atoms. The van der Waals surface area contributed by atoms with Crippen LogP contribution in [0.15, 0.2) is 11.6 Å². The Balaban J connectivity index is 1.96. The molecule has 0 amide bonds. The summed E-state index contributed by atoms with van der Waals surface area (Å²) in [4.78, 5) is 0. The van der Waals surface area contributed by atoms with Crippen LogP contribution in [0.3, 0.4) is 0 Å². The van der Waals surface area contributed by atoms with E-state index < -0.39 is 0 Å². The van der Waals surface area contributed by atoms with Crippen LogP contribution in [0.1, 0.15) is 51.9 Å². The Morgan fingerprint density at radius 3 is 3.00 bits per heavy atom. The number of hydrogen-bond donors (Lipinski definition) is 0. The van der Waals surface area contributed by atoms with E-state index in [9.17, 15) is 0 Å². The minimum Gasteiger partial charge on any atom is -0.0845 e. The molecule has 0 aromatic rings. The zero-order valence-electron chi connectivity index (χ0n) is 8.68. The topological polar surface area (TPSA) is 0 Å². The van der Waals surface area contributed by atoms with Crippen molar-refractivity contribution in [3.63, 3.8) is 0 Å². The van der Waals surface area contributed by atoms with Gasteiger partial charge in [-0.15, -0.1) is 0 Å². The molecule has 3 unspecified atom stereocenters. The SMILES string of the molecule is CC12CCCCC1=CCC1CCC12. The lowest BCUT2D eigenvalue weighted by Gasteiger charge is -2.54. The lowest BCUT2D eigenvalue weighted by Crippen LogP contribution is -2.44. The first-order valence-electron chi connectivity index (χ1n) is 6.00. The minimum atomic E-state index is 0.652. The quantitative estimate of drug-likeness (QED) is 0.491. The van der Waals surface area contributed by atoms with Gasteiger partial charge in [-0.05, 0) is 55.8 Å². The predicted octanol–water partition coefficient (Wildman–Crippen LogP) is 3.92. The molecule has 0 bridgehead atoms. The molecular formula is C13H20. The predicted molar refractivity (Wildman–Crippen MR) is 55.5 cm³/mol. The van der Waals surface area contributed by atoms with Gasteiger partial charge in [0.05, 0.1) is 0 Å². The summed E-state index contributed by atoms with van der Waals surface area (Å²) in [6, 6.07) is 0. The monoisotopic (exact) mass is 176 g/mol. The summed E-state index contributed by atoms with van der Waals surface area (Å²) in [5.74, 6) is 2.15. The average Bonchev–Trinajstić information content (AvgIpc) is 2.04. The Kier molecular flexibility index (Phi) is 1.63. The normalized spacial score (nSPS) is 48.5. The minimum absolute atomic E-state index is 0.652. The van der Waals surface area contributed by atoms with E-state index in [0.717, 1.165) is 11.8 Å². The number of rotatable bonds is 0. The van der Waals surface area contributed by atoms with Gasteiger partial charge in [0.15, 0.2) is 0 Å². The summed E-state index contributed by atoms with van der Waals surface area (Å²) < 4.78 is 0. The molecule has 0 spiro atoms. The van der Waals surface area contributed by atoms with Gasteiger partial charge in [0.25, 0.3) is 0 Å². The number of fused-ring (bicyclic) bond motifs is 3. The first-order valence-corrected chi connectivity index (χ1v) is 6.00. The van der Waals surface area contributed by atoms with Crippen LogP contribution < -0.4 is 0 Å². The van der Waals surface area contributed by atoms with Crippen LogP contribution in [0.4, 0.5) is 0 Å². The zero-order valence-corrected chi connectivity index (χ0v) is 8.68. The fourth-order valence-electron chi connectivity index (χ4n) is 4.00. The van der Waals surface area contributed by atoms with E-state index in [1.54, 1.807) is 0 Å². The molecule has 72 valence electrons. The van der Waals surface area contributed by atoms with E-state index in [-0.39, 0.29) is 0 Å². The molecule has 0 aliphatic heterocycles. The van der Waals surface area contributed by atoms with Crippen LogP contribution in [0, 0.1) is 17.3 Å². The molecule has 0 aromatic carbocycles. The second-order valence-corrected chi connectivity index (χ2v) is 5.53. The van der Waals surface area contributed by atoms with Crippen LogP contribution in [0.25, 0.3) is 0 Å². The van der Waals surface area contributed by atoms with Crippen molar-refractivity contribution in [1.29, 1.82) is 0 Å². The second-order valence-electron chi connectivity index (χ2n) is 5.53. The third-order valence-corrected chi connectivity index (χ3v) is 5.03. The van der Waals surface area contributed by atoms with Gasteiger partial charge in [-0.1, -0.05) is 25.0 Å². The third-order valence-electron chi connectivity index (χ3n) is 5.03. The van der Waals surface area contributed by atoms with Gasteiger partial charge in [-0.25, -0.2) is 0 Å². The van der Waals surface area contributed by atoms with Crippen LogP contribution >= 0.6 is 0 Å². The molecule has 0 heteroatoms. The number of hydrogen-bond acceptors (Lipinski definition) is 0. The van der Waals surface area contributed by atoms with Crippen molar-refractivity contribution in [2.24, 2.45) is 17.3 Å². The van der Waals surface area contributed by atoms with Crippen LogP contribution in [-0.2, 0) is 0 Å². The Morgan fingerprint density at radius 2 is 2.23 bits per heavy atom. The standard InChI is InChI=1S/C13H20/c1-13-9-3-2-4-11(13)7-5-10-6-8-12(10)13/h7,10,12H,2-6,8-9H2,1H3. The highest BCUT2D eigenvalue weighted by molar-refractivity contribution is 5.23. The molecule has 3 aliphatic carbocycles. The highest BCUT2D eigenvalue weighted by Gasteiger charge is 2.48. The Morgan fingerprint density at radius 1 is 1.31 bits per heavy atom. The van der Waals surface area contributed by atoms with Crippen LogP contribution in [0.2, 0.25) is 0 Å². The van der Waals surface area contributed by atoms with Gasteiger partial charge in [0, 0.05) is 0 Å². The average molecular weight is 176 g/mol. The molecule has 0 aromatic heterocycles. The van der Waals surface area contributed by atoms with Crippen molar-refractivity contribution in [3.8, 4) is 0 Å². The fraction of sp³-hybridized carbons (Fsp3) is 0.846. The van der Waals surface area contributed by atoms with Crippen molar-refractivity contribution >= 4 is 0 Å². The van der Waals surface area contributed by atoms with E-state index in [2.05, 4.69) is 13.0 Å². The summed E-state index contributed by atoms with van der Waals surface area (Å²) in [7, 11) is 0. The smallest absolute Gasteiger partial charge is 0.00854 e. The second kappa shape index (κ2) is 2.62. The first-order chi connectivity index (χ1) is 6.31. The Hall–Kier alpha value is -0.260. The van der Waals surface area contributed by atoms with Crippen molar-refractivity contribution < 1.29 is 0 Å². The summed E-state index contributed by atoms with van der Waals surface area (Å²) in [5.41, 5.74) is 2.49. The van der Waals surface area contributed by atoms with E-state index in [1.165, 1.54) is 44.9 Å². The number of allylic oxidation sites excluding steroid dienone is 2. The summed E-state index contributed by atoms with van der Waals surface area (Å²) >= 11 is 0. The van der Waals surface area contributed by atoms with Crippen LogP contribution in [-0.4, -0.2) is 0 Å². The zero-order chi connectivity index (χ0) is 8.89. The van der Waals surface area contributed by atoms with E-state index >= 15 is 0 Å². The maximum Gasteiger partial charge on any atom is -0.00854 e. The highest BCUT2D eigenvalue weighted by atomic mass is 14.5. The van der Waals surface area contributed by atoms with Crippen molar-refractivity contribution in [1.82, 2.24) is 0 Å². The molecule has 0 radical (unpaired) electrons. The first kappa shape index (κ1) is 8.08. The van der Waals surface area contributed by atoms with E-state index in [4.69, 9.17) is 0 Å². The highest BCUT2D eigenvalue weighted by Crippen LogP contribution is 2.59. The van der Waals surface area contributed by atoms with Gasteiger partial charge < -0.3 is 0 Å². The lowest BCUT2D eigenvalue weighted by atomic mass is 9.50. The summed E-state index contributed by atoms with van der Waals surface area (Å²) in [6.07, 6.45) is 12.9. The lowest BCUT2D eigenvalue weighted by molar-refractivity contribution is 0.0262. The molecule has 0 heterocycles. The molecule has 3 rings (SSSR count). The van der Waals surface area contributed by atoms with Gasteiger partial charge in [-0.2, -0.15) is 0 Å². The molecule has 3 aliphatic rings. The van der Waals surface area contributed by atoms with E-state index in [1.807, 2.05) is 5.57 Å². The van der Waals surface area contributed by atoms with Crippen molar-refractivity contribution in [3.05, 3.63) is 11.6 Å². The molecule has 0 N–H and O–H groups in total. The van der Waals surface area contributed by atoms with Crippen LogP contribution in [0.5, 0.6) is 0 Å². The largest absolute Gasteiger partial charge is 0.0845 e. The van der Waals surface area contributed by atoms with Gasteiger partial charge in [-0.3, -0.25) is 0 Å². The molecule has 0 saturated heterocycles. The van der Waals surface area contributed by atoms with Crippen molar-refractivity contribution in [2.45, 2.75) is 51.9 Å². The molecule has 2 fully saturated rings. The summed E-state index contributed by atoms with van der Waals surface area (Å²) in [6.45, 7) is 2.55. The molecular weight excluding hydrogens is 156 g/mol. The third kappa shape index (κ3) is 0.978. The Labute approximate surface area is 81.4 Å². The molecule has 0 nitrogen and oxygen atoms in total.